The fourth-order valence-electron chi connectivity index (χ4n) is 3.97. The highest BCUT2D eigenvalue weighted by Gasteiger charge is 2.54. The van der Waals surface area contributed by atoms with Crippen LogP contribution in [-0.4, -0.2) is 60.2 Å². The number of benzene rings is 1. The van der Waals surface area contributed by atoms with Crippen LogP contribution in [0.25, 0.3) is 0 Å². The number of nitro benzene ring substituents is 1. The quantitative estimate of drug-likeness (QED) is 0.0810. The zero-order chi connectivity index (χ0) is 27.9. The van der Waals surface area contributed by atoms with E-state index < -0.39 is 47.0 Å². The predicted molar refractivity (Wildman–Crippen MR) is 129 cm³/mol. The van der Waals surface area contributed by atoms with Gasteiger partial charge in [-0.25, -0.2) is 9.59 Å². The van der Waals surface area contributed by atoms with Crippen molar-refractivity contribution in [1.82, 2.24) is 4.90 Å². The van der Waals surface area contributed by atoms with Crippen molar-refractivity contribution in [3.05, 3.63) is 63.4 Å². The Bertz CT molecular complexity index is 1100. The van der Waals surface area contributed by atoms with Gasteiger partial charge in [-0.05, 0) is 50.5 Å². The zero-order valence-electron chi connectivity index (χ0n) is 21.3. The average Bonchev–Trinajstić information content (AvgIpc) is 2.84. The van der Waals surface area contributed by atoms with Gasteiger partial charge in [0.15, 0.2) is 0 Å². The van der Waals surface area contributed by atoms with Crippen LogP contribution in [0.1, 0.15) is 39.2 Å². The topological polar surface area (TPSA) is 152 Å². The molecule has 0 aliphatic carbocycles. The van der Waals surface area contributed by atoms with Gasteiger partial charge in [0, 0.05) is 12.1 Å². The van der Waals surface area contributed by atoms with Crippen LogP contribution >= 0.6 is 0 Å². The van der Waals surface area contributed by atoms with Crippen LogP contribution in [0.2, 0.25) is 0 Å². The van der Waals surface area contributed by atoms with Crippen molar-refractivity contribution < 1.29 is 43.0 Å². The van der Waals surface area contributed by atoms with Crippen LogP contribution in [-0.2, 0) is 39.9 Å². The standard InChI is InChI=1S/C25H30N2O10/c1-14(2)22(24(30)35-6)26-19(11-15(3)12-20(28)34-5)21(23(26)29)16(4)37-25(31)36-13-17-7-9-18(10-8-17)27(32)33/h7-10,16,19,21H,3,11-13H2,1-2,4-6H3/t16?,19-,21-/m1/s1. The average molecular weight is 519 g/mol. The minimum Gasteiger partial charge on any atom is -0.469 e. The number of rotatable bonds is 11. The molecule has 2 rings (SSSR count). The van der Waals surface area contributed by atoms with Gasteiger partial charge in [0.1, 0.15) is 18.4 Å². The van der Waals surface area contributed by atoms with Crippen LogP contribution in [0.15, 0.2) is 47.7 Å². The van der Waals surface area contributed by atoms with Crippen LogP contribution in [0.4, 0.5) is 10.5 Å². The van der Waals surface area contributed by atoms with Crippen molar-refractivity contribution >= 4 is 29.7 Å². The maximum Gasteiger partial charge on any atom is 0.508 e. The van der Waals surface area contributed by atoms with Crippen LogP contribution in [0.5, 0.6) is 0 Å². The lowest BCUT2D eigenvalue weighted by Gasteiger charge is -2.49. The number of amides is 1. The molecule has 0 bridgehead atoms. The number of methoxy groups -OCH3 is 2. The SMILES string of the molecule is C=C(CC(=O)OC)C[C@@H]1[C@@H](C(C)OC(=O)OCc2ccc([N+](=O)[O-])cc2)C(=O)N1C(C(=O)OC)=C(C)C. The van der Waals surface area contributed by atoms with E-state index in [0.29, 0.717) is 16.7 Å². The molecule has 1 aromatic carbocycles. The number of carbonyl (C=O) groups excluding carboxylic acids is 4. The van der Waals surface area contributed by atoms with Gasteiger partial charge in [-0.15, -0.1) is 0 Å². The Balaban J connectivity index is 2.14. The number of non-ortho nitro benzene ring substituents is 1. The van der Waals surface area contributed by atoms with Gasteiger partial charge in [0.2, 0.25) is 5.91 Å². The Labute approximate surface area is 213 Å². The second-order valence-electron chi connectivity index (χ2n) is 8.63. The minimum atomic E-state index is -1.04. The number of β-lactam (4-membered cyclic amide) rings is 1. The van der Waals surface area contributed by atoms with Crippen molar-refractivity contribution in [2.24, 2.45) is 5.92 Å². The molecule has 1 saturated heterocycles. The first kappa shape index (κ1) is 29.0. The number of ether oxygens (including phenoxy) is 4. The van der Waals surface area contributed by atoms with Crippen molar-refractivity contribution in [2.45, 2.75) is 52.4 Å². The predicted octanol–water partition coefficient (Wildman–Crippen LogP) is 3.44. The van der Waals surface area contributed by atoms with Gasteiger partial charge in [-0.1, -0.05) is 12.2 Å². The summed E-state index contributed by atoms with van der Waals surface area (Å²) < 4.78 is 19.9. The number of allylic oxidation sites excluding steroid dienone is 1. The van der Waals surface area contributed by atoms with E-state index in [9.17, 15) is 29.3 Å². The number of nitro groups is 1. The number of hydrogen-bond donors (Lipinski definition) is 0. The first-order chi connectivity index (χ1) is 17.4. The van der Waals surface area contributed by atoms with E-state index in [2.05, 4.69) is 11.3 Å². The molecule has 0 saturated carbocycles. The minimum absolute atomic E-state index is 0.0626. The smallest absolute Gasteiger partial charge is 0.469 e. The third kappa shape index (κ3) is 7.15. The number of nitrogens with zero attached hydrogens (tertiary/aromatic N) is 2. The molecule has 12 nitrogen and oxygen atoms in total. The molecule has 12 heteroatoms. The summed E-state index contributed by atoms with van der Waals surface area (Å²) in [4.78, 5) is 61.0. The van der Waals surface area contributed by atoms with E-state index in [-0.39, 0.29) is 30.8 Å². The molecule has 0 N–H and O–H groups in total. The molecule has 3 atom stereocenters. The van der Waals surface area contributed by atoms with Crippen LogP contribution < -0.4 is 0 Å². The molecule has 1 aromatic rings. The fraction of sp³-hybridized carbons (Fsp3) is 0.440. The Morgan fingerprint density at radius 3 is 2.27 bits per heavy atom. The van der Waals surface area contributed by atoms with E-state index in [4.69, 9.17) is 14.2 Å². The maximum atomic E-state index is 13.2. The van der Waals surface area contributed by atoms with Gasteiger partial charge in [0.25, 0.3) is 5.69 Å². The lowest BCUT2D eigenvalue weighted by atomic mass is 9.78. The summed E-state index contributed by atoms with van der Waals surface area (Å²) in [6, 6.07) is 4.80. The fourth-order valence-corrected chi connectivity index (χ4v) is 3.97. The Morgan fingerprint density at radius 2 is 1.76 bits per heavy atom. The summed E-state index contributed by atoms with van der Waals surface area (Å²) in [5, 5.41) is 10.8. The van der Waals surface area contributed by atoms with Gasteiger partial charge in [-0.2, -0.15) is 0 Å². The van der Waals surface area contributed by atoms with E-state index >= 15 is 0 Å². The van der Waals surface area contributed by atoms with Gasteiger partial charge in [0.05, 0.1) is 37.5 Å². The normalized spacial score (nSPS) is 17.1. The molecular weight excluding hydrogens is 488 g/mol. The first-order valence-electron chi connectivity index (χ1n) is 11.3. The number of hydrogen-bond acceptors (Lipinski definition) is 10. The van der Waals surface area contributed by atoms with Crippen LogP contribution in [0.3, 0.4) is 0 Å². The van der Waals surface area contributed by atoms with E-state index in [0.717, 1.165) is 0 Å². The Morgan fingerprint density at radius 1 is 1.14 bits per heavy atom. The van der Waals surface area contributed by atoms with Crippen molar-refractivity contribution in [3.8, 4) is 0 Å². The Kier molecular flexibility index (Phi) is 9.92. The zero-order valence-corrected chi connectivity index (χ0v) is 21.3. The molecule has 1 aliphatic rings. The monoisotopic (exact) mass is 518 g/mol. The lowest BCUT2D eigenvalue weighted by molar-refractivity contribution is -0.384. The molecule has 0 aromatic heterocycles. The van der Waals surface area contributed by atoms with E-state index in [1.807, 2.05) is 0 Å². The largest absolute Gasteiger partial charge is 0.508 e. The third-order valence-corrected chi connectivity index (χ3v) is 5.77. The summed E-state index contributed by atoms with van der Waals surface area (Å²) in [7, 11) is 2.44. The van der Waals surface area contributed by atoms with Crippen LogP contribution in [0, 0.1) is 16.0 Å². The lowest BCUT2D eigenvalue weighted by Crippen LogP contribution is -2.65. The summed E-state index contributed by atoms with van der Waals surface area (Å²) >= 11 is 0. The van der Waals surface area contributed by atoms with Crippen molar-refractivity contribution in [3.63, 3.8) is 0 Å². The molecule has 37 heavy (non-hydrogen) atoms. The van der Waals surface area contributed by atoms with Gasteiger partial charge < -0.3 is 23.8 Å². The highest BCUT2D eigenvalue weighted by molar-refractivity contribution is 5.99. The van der Waals surface area contributed by atoms with Crippen molar-refractivity contribution in [2.75, 3.05) is 14.2 Å². The summed E-state index contributed by atoms with van der Waals surface area (Å²) in [6.45, 7) is 8.51. The van der Waals surface area contributed by atoms with Crippen molar-refractivity contribution in [1.29, 1.82) is 0 Å². The third-order valence-electron chi connectivity index (χ3n) is 5.77. The number of carbonyl (C=O) groups is 4. The molecule has 1 amide bonds. The summed E-state index contributed by atoms with van der Waals surface area (Å²) in [6.07, 6.45) is -1.93. The molecule has 0 spiro atoms. The van der Waals surface area contributed by atoms with E-state index in [1.54, 1.807) is 13.8 Å². The number of esters is 2. The highest BCUT2D eigenvalue weighted by atomic mass is 16.7. The molecule has 0 radical (unpaired) electrons. The molecule has 1 heterocycles. The summed E-state index contributed by atoms with van der Waals surface area (Å²) in [5.41, 5.74) is 1.47. The maximum absolute atomic E-state index is 13.2. The summed E-state index contributed by atoms with van der Waals surface area (Å²) in [5.74, 6) is -2.52. The molecule has 200 valence electrons. The van der Waals surface area contributed by atoms with Gasteiger partial charge in [-0.3, -0.25) is 19.7 Å². The molecular formula is C25H30N2O10. The number of likely N-dealkylation sites (tertiary alicyclic amines) is 1. The molecule has 1 aliphatic heterocycles. The molecule has 1 unspecified atom stereocenters. The van der Waals surface area contributed by atoms with E-state index in [1.165, 1.54) is 50.3 Å². The molecule has 1 fully saturated rings. The highest BCUT2D eigenvalue weighted by Crippen LogP contribution is 2.39. The second kappa shape index (κ2) is 12.7. The Hall–Kier alpha value is -4.22. The van der Waals surface area contributed by atoms with Gasteiger partial charge >= 0.3 is 18.1 Å². The second-order valence-corrected chi connectivity index (χ2v) is 8.63. The first-order valence-corrected chi connectivity index (χ1v) is 11.3.